The number of nitro benzene ring substituents is 1. The van der Waals surface area contributed by atoms with Crippen molar-refractivity contribution in [3.05, 3.63) is 33.3 Å². The molecule has 1 saturated heterocycles. The molecule has 0 radical (unpaired) electrons. The first-order valence-corrected chi connectivity index (χ1v) is 6.41. The van der Waals surface area contributed by atoms with Crippen LogP contribution in [0.15, 0.2) is 18.2 Å². The number of hydrogen-bond acceptors (Lipinski definition) is 4. The maximum atomic E-state index is 11.8. The highest BCUT2D eigenvalue weighted by molar-refractivity contribution is 6.32. The van der Waals surface area contributed by atoms with Gasteiger partial charge in [0.1, 0.15) is 5.02 Å². The Hall–Kier alpha value is -1.82. The Labute approximate surface area is 115 Å². The van der Waals surface area contributed by atoms with Crippen LogP contribution in [0, 0.1) is 10.1 Å². The number of likely N-dealkylation sites (tertiary alicyclic amines) is 1. The molecule has 1 heterocycles. The highest BCUT2D eigenvalue weighted by Gasteiger charge is 2.18. The molecule has 102 valence electrons. The monoisotopic (exact) mass is 283 g/mol. The van der Waals surface area contributed by atoms with Crippen molar-refractivity contribution < 1.29 is 9.72 Å². The van der Waals surface area contributed by atoms with E-state index in [4.69, 9.17) is 11.6 Å². The van der Waals surface area contributed by atoms with Crippen molar-refractivity contribution in [2.45, 2.75) is 12.8 Å². The SMILES string of the molecule is O=C(CNc1ccc(Cl)c([N+](=O)[O-])c1)N1CCCC1. The summed E-state index contributed by atoms with van der Waals surface area (Å²) in [6, 6.07) is 4.40. The average Bonchev–Trinajstić information content (AvgIpc) is 2.91. The molecule has 1 aliphatic heterocycles. The third-order valence-corrected chi connectivity index (χ3v) is 3.36. The first kappa shape index (κ1) is 13.6. The van der Waals surface area contributed by atoms with Crippen molar-refractivity contribution >= 4 is 28.9 Å². The fourth-order valence-corrected chi connectivity index (χ4v) is 2.21. The van der Waals surface area contributed by atoms with Gasteiger partial charge in [-0.1, -0.05) is 11.6 Å². The van der Waals surface area contributed by atoms with E-state index in [2.05, 4.69) is 5.32 Å². The molecule has 1 amide bonds. The Morgan fingerprint density at radius 1 is 1.42 bits per heavy atom. The van der Waals surface area contributed by atoms with Gasteiger partial charge in [-0.05, 0) is 25.0 Å². The molecule has 1 N–H and O–H groups in total. The molecule has 6 nitrogen and oxygen atoms in total. The number of hydrogen-bond donors (Lipinski definition) is 1. The predicted molar refractivity (Wildman–Crippen MR) is 72.4 cm³/mol. The number of carbonyl (C=O) groups is 1. The minimum absolute atomic E-state index is 0.00935. The van der Waals surface area contributed by atoms with Crippen molar-refractivity contribution in [1.82, 2.24) is 4.90 Å². The zero-order valence-electron chi connectivity index (χ0n) is 10.3. The van der Waals surface area contributed by atoms with Gasteiger partial charge in [0, 0.05) is 24.8 Å². The van der Waals surface area contributed by atoms with Crippen LogP contribution < -0.4 is 5.32 Å². The Bertz CT molecular complexity index is 501. The summed E-state index contributed by atoms with van der Waals surface area (Å²) in [7, 11) is 0. The van der Waals surface area contributed by atoms with Crippen molar-refractivity contribution in [3.8, 4) is 0 Å². The smallest absolute Gasteiger partial charge is 0.289 e. The van der Waals surface area contributed by atoms with Crippen LogP contribution in [-0.4, -0.2) is 35.4 Å². The number of nitrogens with zero attached hydrogens (tertiary/aromatic N) is 2. The van der Waals surface area contributed by atoms with Crippen LogP contribution >= 0.6 is 11.6 Å². The molecule has 0 bridgehead atoms. The lowest BCUT2D eigenvalue weighted by atomic mass is 10.3. The van der Waals surface area contributed by atoms with Crippen molar-refractivity contribution in [2.75, 3.05) is 25.0 Å². The standard InChI is InChI=1S/C12H14ClN3O3/c13-10-4-3-9(7-11(10)16(18)19)14-8-12(17)15-5-1-2-6-15/h3-4,7,14H,1-2,5-6,8H2. The molecule has 7 heteroatoms. The fraction of sp³-hybridized carbons (Fsp3) is 0.417. The highest BCUT2D eigenvalue weighted by atomic mass is 35.5. The van der Waals surface area contributed by atoms with Gasteiger partial charge in [-0.25, -0.2) is 0 Å². The third kappa shape index (κ3) is 3.35. The second kappa shape index (κ2) is 5.88. The molecule has 0 aliphatic carbocycles. The number of rotatable bonds is 4. The Kier molecular flexibility index (Phi) is 4.21. The maximum absolute atomic E-state index is 11.8. The fourth-order valence-electron chi connectivity index (χ4n) is 2.02. The summed E-state index contributed by atoms with van der Waals surface area (Å²) in [5, 5.41) is 13.7. The van der Waals surface area contributed by atoms with Crippen LogP contribution in [0.5, 0.6) is 0 Å². The van der Waals surface area contributed by atoms with E-state index in [0.29, 0.717) is 5.69 Å². The molecule has 0 unspecified atom stereocenters. The van der Waals surface area contributed by atoms with Crippen LogP contribution in [0.2, 0.25) is 5.02 Å². The second-order valence-corrected chi connectivity index (χ2v) is 4.77. The van der Waals surface area contributed by atoms with Gasteiger partial charge in [0.15, 0.2) is 0 Å². The van der Waals surface area contributed by atoms with Crippen molar-refractivity contribution in [3.63, 3.8) is 0 Å². The van der Waals surface area contributed by atoms with E-state index in [0.717, 1.165) is 25.9 Å². The van der Waals surface area contributed by atoms with E-state index in [-0.39, 0.29) is 23.2 Å². The number of nitro groups is 1. The molecule has 1 aromatic rings. The lowest BCUT2D eigenvalue weighted by Gasteiger charge is -2.15. The number of nitrogens with one attached hydrogen (secondary N) is 1. The minimum Gasteiger partial charge on any atom is -0.376 e. The Balaban J connectivity index is 1.97. The predicted octanol–water partition coefficient (Wildman–Crippen LogP) is 2.28. The summed E-state index contributed by atoms with van der Waals surface area (Å²) in [6.07, 6.45) is 2.08. The first-order valence-electron chi connectivity index (χ1n) is 6.03. The zero-order valence-corrected chi connectivity index (χ0v) is 11.0. The summed E-state index contributed by atoms with van der Waals surface area (Å²) in [4.78, 5) is 23.8. The van der Waals surface area contributed by atoms with E-state index < -0.39 is 4.92 Å². The average molecular weight is 284 g/mol. The van der Waals surface area contributed by atoms with E-state index in [1.165, 1.54) is 12.1 Å². The summed E-state index contributed by atoms with van der Waals surface area (Å²) < 4.78 is 0. The third-order valence-electron chi connectivity index (χ3n) is 3.05. The quantitative estimate of drug-likeness (QED) is 0.679. The van der Waals surface area contributed by atoms with Gasteiger partial charge in [-0.15, -0.1) is 0 Å². The van der Waals surface area contributed by atoms with E-state index >= 15 is 0 Å². The molecule has 0 aromatic heterocycles. The van der Waals surface area contributed by atoms with Crippen molar-refractivity contribution in [2.24, 2.45) is 0 Å². The summed E-state index contributed by atoms with van der Waals surface area (Å²) >= 11 is 5.71. The molecule has 1 aliphatic rings. The zero-order chi connectivity index (χ0) is 13.8. The Morgan fingerprint density at radius 2 is 2.11 bits per heavy atom. The van der Waals surface area contributed by atoms with Gasteiger partial charge in [0.05, 0.1) is 11.5 Å². The van der Waals surface area contributed by atoms with Crippen LogP contribution in [0.25, 0.3) is 0 Å². The maximum Gasteiger partial charge on any atom is 0.289 e. The number of benzene rings is 1. The van der Waals surface area contributed by atoms with Gasteiger partial charge >= 0.3 is 0 Å². The Morgan fingerprint density at radius 3 is 2.74 bits per heavy atom. The number of amides is 1. The van der Waals surface area contributed by atoms with Crippen LogP contribution in [0.3, 0.4) is 0 Å². The lowest BCUT2D eigenvalue weighted by Crippen LogP contribution is -2.32. The molecular formula is C12H14ClN3O3. The highest BCUT2D eigenvalue weighted by Crippen LogP contribution is 2.27. The molecule has 19 heavy (non-hydrogen) atoms. The summed E-state index contributed by atoms with van der Waals surface area (Å²) in [5.41, 5.74) is 0.351. The van der Waals surface area contributed by atoms with Gasteiger partial charge in [-0.2, -0.15) is 0 Å². The number of halogens is 1. The molecule has 0 atom stereocenters. The molecule has 2 rings (SSSR count). The normalized spacial score (nSPS) is 14.5. The molecular weight excluding hydrogens is 270 g/mol. The topological polar surface area (TPSA) is 75.5 Å². The molecule has 1 aromatic carbocycles. The van der Waals surface area contributed by atoms with Gasteiger partial charge in [0.2, 0.25) is 5.91 Å². The molecule has 1 fully saturated rings. The van der Waals surface area contributed by atoms with Gasteiger partial charge < -0.3 is 10.2 Å². The van der Waals surface area contributed by atoms with Crippen molar-refractivity contribution in [1.29, 1.82) is 0 Å². The van der Waals surface area contributed by atoms with Crippen LogP contribution in [0.1, 0.15) is 12.8 Å². The largest absolute Gasteiger partial charge is 0.376 e. The second-order valence-electron chi connectivity index (χ2n) is 4.36. The van der Waals surface area contributed by atoms with E-state index in [1.807, 2.05) is 0 Å². The number of carbonyl (C=O) groups excluding carboxylic acids is 1. The van der Waals surface area contributed by atoms with Gasteiger partial charge in [0.25, 0.3) is 5.69 Å². The van der Waals surface area contributed by atoms with Gasteiger partial charge in [-0.3, -0.25) is 14.9 Å². The summed E-state index contributed by atoms with van der Waals surface area (Å²) in [6.45, 7) is 1.72. The molecule has 0 spiro atoms. The summed E-state index contributed by atoms with van der Waals surface area (Å²) in [5.74, 6) is 0.00935. The van der Waals surface area contributed by atoms with E-state index in [1.54, 1.807) is 11.0 Å². The minimum atomic E-state index is -0.546. The van der Waals surface area contributed by atoms with Crippen LogP contribution in [0.4, 0.5) is 11.4 Å². The number of anilines is 1. The first-order chi connectivity index (χ1) is 9.08. The van der Waals surface area contributed by atoms with Crippen LogP contribution in [-0.2, 0) is 4.79 Å². The van der Waals surface area contributed by atoms with E-state index in [9.17, 15) is 14.9 Å². The molecule has 0 saturated carbocycles. The lowest BCUT2D eigenvalue weighted by molar-refractivity contribution is -0.384.